The molecule has 8 heteroatoms. The van der Waals surface area contributed by atoms with Gasteiger partial charge in [0.05, 0.1) is 40.3 Å². The lowest BCUT2D eigenvalue weighted by atomic mass is 10.1. The predicted molar refractivity (Wildman–Crippen MR) is 295 cm³/mol. The number of nitrogens with zero attached hydrogens (tertiary/aromatic N) is 1. The Bertz CT molecular complexity index is 1550. The summed E-state index contributed by atoms with van der Waals surface area (Å²) < 4.78 is 17.2. The Labute approximate surface area is 429 Å². The van der Waals surface area contributed by atoms with Crippen molar-refractivity contribution in [2.45, 2.75) is 212 Å². The van der Waals surface area contributed by atoms with Gasteiger partial charge in [0.1, 0.15) is 12.6 Å². The van der Waals surface area contributed by atoms with Crippen LogP contribution in [0.15, 0.2) is 122 Å². The van der Waals surface area contributed by atoms with Crippen molar-refractivity contribution in [3.05, 3.63) is 122 Å². The molecule has 0 rings (SSSR count). The fourth-order valence-electron chi connectivity index (χ4n) is 7.42. The Balaban J connectivity index is 4.29. The van der Waals surface area contributed by atoms with E-state index in [4.69, 9.17) is 14.2 Å². The van der Waals surface area contributed by atoms with Crippen molar-refractivity contribution in [1.82, 2.24) is 0 Å². The van der Waals surface area contributed by atoms with Crippen LogP contribution < -0.4 is 5.11 Å². The van der Waals surface area contributed by atoms with Gasteiger partial charge in [-0.05, 0) is 103 Å². The second-order valence-corrected chi connectivity index (χ2v) is 19.1. The lowest BCUT2D eigenvalue weighted by Gasteiger charge is -2.34. The number of carboxylic acids is 1. The van der Waals surface area contributed by atoms with Crippen molar-refractivity contribution in [3.63, 3.8) is 0 Å². The van der Waals surface area contributed by atoms with Gasteiger partial charge >= 0.3 is 11.9 Å². The summed E-state index contributed by atoms with van der Waals surface area (Å²) in [6.45, 7) is 4.40. The highest BCUT2D eigenvalue weighted by atomic mass is 16.6. The predicted octanol–water partition coefficient (Wildman–Crippen LogP) is 15.2. The van der Waals surface area contributed by atoms with E-state index in [1.807, 2.05) is 0 Å². The Morgan fingerprint density at radius 3 is 1.11 bits per heavy atom. The fraction of sp³-hybridized carbons (Fsp3) is 0.629. The molecule has 396 valence electrons. The van der Waals surface area contributed by atoms with Gasteiger partial charge in [-0.3, -0.25) is 9.59 Å². The van der Waals surface area contributed by atoms with Gasteiger partial charge < -0.3 is 28.6 Å². The summed E-state index contributed by atoms with van der Waals surface area (Å²) in [4.78, 5) is 37.1. The standard InChI is InChI=1S/C62H101NO7/c1-6-8-10-12-14-16-18-20-22-24-26-28-30-32-34-36-38-40-42-44-46-48-50-52-60(64)69-57-58(56-68-55-54-59(62(66)67)63(3,4)5)70-61(65)53-51-49-47-45-43-41-39-37-35-33-31-29-27-25-23-21-19-17-15-13-11-9-7-2/h8-11,14-17,20-23,26-29,33,35,39,41,58-59H,6-7,12-13,18-19,24-25,30-32,34,36-38,40,42-57H2,1-5H3/b10-8+,11-9+,16-14+,17-15+,22-20+,23-21+,28-26+,29-27+,35-33+,41-39+. The highest BCUT2D eigenvalue weighted by Crippen LogP contribution is 2.14. The average molecular weight is 972 g/mol. The number of carboxylic acid groups (broad SMARTS) is 1. The van der Waals surface area contributed by atoms with Gasteiger partial charge in [-0.2, -0.15) is 0 Å². The Hall–Kier alpha value is -4.27. The van der Waals surface area contributed by atoms with E-state index in [2.05, 4.69) is 135 Å². The Morgan fingerprint density at radius 2 is 0.757 bits per heavy atom. The largest absolute Gasteiger partial charge is 0.544 e. The molecule has 0 spiro atoms. The molecule has 0 aromatic rings. The topological polar surface area (TPSA) is 102 Å². The molecule has 0 aromatic heterocycles. The van der Waals surface area contributed by atoms with Crippen LogP contribution in [0.3, 0.4) is 0 Å². The van der Waals surface area contributed by atoms with Gasteiger partial charge in [-0.15, -0.1) is 0 Å². The molecule has 2 unspecified atom stereocenters. The van der Waals surface area contributed by atoms with Crippen molar-refractivity contribution >= 4 is 17.9 Å². The summed E-state index contributed by atoms with van der Waals surface area (Å²) in [7, 11) is 5.40. The van der Waals surface area contributed by atoms with Crippen LogP contribution in [0.25, 0.3) is 0 Å². The van der Waals surface area contributed by atoms with Crippen LogP contribution in [0.5, 0.6) is 0 Å². The minimum atomic E-state index is -1.13. The van der Waals surface area contributed by atoms with E-state index in [1.165, 1.54) is 44.9 Å². The number of rotatable bonds is 48. The van der Waals surface area contributed by atoms with E-state index in [9.17, 15) is 19.5 Å². The molecule has 70 heavy (non-hydrogen) atoms. The zero-order valence-electron chi connectivity index (χ0n) is 45.1. The third kappa shape index (κ3) is 48.7. The van der Waals surface area contributed by atoms with Crippen molar-refractivity contribution in [1.29, 1.82) is 0 Å². The maximum Gasteiger partial charge on any atom is 0.306 e. The number of hydrogen-bond donors (Lipinski definition) is 0. The van der Waals surface area contributed by atoms with Crippen LogP contribution in [-0.2, 0) is 28.6 Å². The number of carbonyl (C=O) groups excluding carboxylic acids is 3. The first-order valence-electron chi connectivity index (χ1n) is 27.6. The van der Waals surface area contributed by atoms with Crippen LogP contribution in [-0.4, -0.2) is 75.5 Å². The molecule has 0 saturated carbocycles. The molecular weight excluding hydrogens is 871 g/mol. The van der Waals surface area contributed by atoms with Gasteiger partial charge in [0, 0.05) is 19.3 Å². The van der Waals surface area contributed by atoms with Crippen LogP contribution >= 0.6 is 0 Å². The van der Waals surface area contributed by atoms with E-state index < -0.39 is 18.1 Å². The number of likely N-dealkylation sites (N-methyl/N-ethyl adjacent to an activating group) is 1. The molecule has 0 bridgehead atoms. The van der Waals surface area contributed by atoms with Crippen LogP contribution in [0.2, 0.25) is 0 Å². The van der Waals surface area contributed by atoms with Crippen molar-refractivity contribution < 1.29 is 38.2 Å². The summed E-state index contributed by atoms with van der Waals surface area (Å²) in [5.41, 5.74) is 0. The van der Waals surface area contributed by atoms with Crippen LogP contribution in [0.4, 0.5) is 0 Å². The molecule has 0 aliphatic heterocycles. The zero-order chi connectivity index (χ0) is 51.3. The highest BCUT2D eigenvalue weighted by molar-refractivity contribution is 5.70. The smallest absolute Gasteiger partial charge is 0.306 e. The summed E-state index contributed by atoms with van der Waals surface area (Å²) in [6.07, 6.45) is 72.3. The molecule has 0 saturated heterocycles. The molecule has 0 aliphatic carbocycles. The third-order valence-corrected chi connectivity index (χ3v) is 11.6. The number of hydrogen-bond acceptors (Lipinski definition) is 7. The SMILES string of the molecule is CC/C=C/C/C=C/C/C=C/C/C=C/C/C=C/C/C=C/CCCCCCC(=O)OC(COCCC(C(=O)[O-])[N+](C)(C)C)COC(=O)CCCCCCCCCCCC/C=C/C/C=C/C/C=C/C/C=C/CC. The van der Waals surface area contributed by atoms with Crippen molar-refractivity contribution in [3.8, 4) is 0 Å². The first-order valence-corrected chi connectivity index (χ1v) is 27.6. The first kappa shape index (κ1) is 65.7. The molecule has 0 radical (unpaired) electrons. The minimum Gasteiger partial charge on any atom is -0.544 e. The molecule has 8 nitrogen and oxygen atoms in total. The van der Waals surface area contributed by atoms with Crippen LogP contribution in [0.1, 0.15) is 200 Å². The second kappa shape index (κ2) is 51.1. The van der Waals surface area contributed by atoms with Gasteiger partial charge in [-0.25, -0.2) is 0 Å². The van der Waals surface area contributed by atoms with Gasteiger partial charge in [-0.1, -0.05) is 200 Å². The number of esters is 2. The normalized spacial score (nSPS) is 13.8. The number of quaternary nitrogens is 1. The average Bonchev–Trinajstić information content (AvgIpc) is 3.33. The summed E-state index contributed by atoms with van der Waals surface area (Å²) >= 11 is 0. The summed E-state index contributed by atoms with van der Waals surface area (Å²) in [5, 5.41) is 11.7. The minimum absolute atomic E-state index is 0.0210. The van der Waals surface area contributed by atoms with Gasteiger partial charge in [0.15, 0.2) is 6.10 Å². The third-order valence-electron chi connectivity index (χ3n) is 11.6. The molecule has 0 aliphatic rings. The number of unbranched alkanes of at least 4 members (excludes halogenated alkanes) is 14. The Kier molecular flexibility index (Phi) is 48.0. The van der Waals surface area contributed by atoms with E-state index in [-0.39, 0.29) is 49.1 Å². The number of ether oxygens (including phenoxy) is 3. The summed E-state index contributed by atoms with van der Waals surface area (Å²) in [6, 6.07) is -0.740. The highest BCUT2D eigenvalue weighted by Gasteiger charge is 2.25. The molecule has 0 heterocycles. The molecule has 2 atom stereocenters. The monoisotopic (exact) mass is 972 g/mol. The Morgan fingerprint density at radius 1 is 0.429 bits per heavy atom. The van der Waals surface area contributed by atoms with Crippen molar-refractivity contribution in [2.24, 2.45) is 0 Å². The number of aliphatic carboxylic acids is 1. The molecule has 0 aromatic carbocycles. The summed E-state index contributed by atoms with van der Waals surface area (Å²) in [5.74, 6) is -1.78. The molecular formula is C62H101NO7. The molecule has 0 N–H and O–H groups in total. The molecule has 0 amide bonds. The molecule has 0 fully saturated rings. The maximum atomic E-state index is 12.8. The van der Waals surface area contributed by atoms with Crippen molar-refractivity contribution in [2.75, 3.05) is 41.0 Å². The fourth-order valence-corrected chi connectivity index (χ4v) is 7.42. The number of allylic oxidation sites excluding steroid dienone is 20. The van der Waals surface area contributed by atoms with E-state index in [0.717, 1.165) is 122 Å². The van der Waals surface area contributed by atoms with Crippen LogP contribution in [0, 0.1) is 0 Å². The van der Waals surface area contributed by atoms with Gasteiger partial charge in [0.25, 0.3) is 0 Å². The lowest BCUT2D eigenvalue weighted by Crippen LogP contribution is -2.55. The number of carbonyl (C=O) groups is 3. The lowest BCUT2D eigenvalue weighted by molar-refractivity contribution is -0.889. The second-order valence-electron chi connectivity index (χ2n) is 19.1. The van der Waals surface area contributed by atoms with E-state index in [1.54, 1.807) is 21.1 Å². The van der Waals surface area contributed by atoms with E-state index in [0.29, 0.717) is 6.42 Å². The zero-order valence-corrected chi connectivity index (χ0v) is 45.1. The maximum absolute atomic E-state index is 12.8. The van der Waals surface area contributed by atoms with E-state index >= 15 is 0 Å². The quantitative estimate of drug-likeness (QED) is 0.0259. The van der Waals surface area contributed by atoms with Gasteiger partial charge in [0.2, 0.25) is 0 Å². The first-order chi connectivity index (χ1) is 34.1.